The molecule has 16 heavy (non-hydrogen) atoms. The minimum atomic E-state index is -0.418. The van der Waals surface area contributed by atoms with Crippen LogP contribution < -0.4 is 10.6 Å². The largest absolute Gasteiger partial charge is 0.444 e. The molecule has 4 nitrogen and oxygen atoms in total. The molecule has 1 amide bonds. The lowest BCUT2D eigenvalue weighted by molar-refractivity contribution is 0.0491. The van der Waals surface area contributed by atoms with Crippen LogP contribution in [-0.4, -0.2) is 30.3 Å². The van der Waals surface area contributed by atoms with E-state index in [0.29, 0.717) is 11.5 Å². The number of hydrogen-bond donors (Lipinski definition) is 2. The topological polar surface area (TPSA) is 50.4 Å². The summed E-state index contributed by atoms with van der Waals surface area (Å²) in [5.74, 6) is 0. The summed E-state index contributed by atoms with van der Waals surface area (Å²) < 4.78 is 5.28. The fourth-order valence-electron chi connectivity index (χ4n) is 2.57. The first-order valence-electron chi connectivity index (χ1n) is 6.06. The Kier molecular flexibility index (Phi) is 2.65. The molecule has 2 atom stereocenters. The second kappa shape index (κ2) is 3.62. The van der Waals surface area contributed by atoms with Gasteiger partial charge >= 0.3 is 6.09 Å². The van der Waals surface area contributed by atoms with E-state index in [1.54, 1.807) is 0 Å². The minimum absolute atomic E-state index is 0.234. The standard InChI is InChI=1S/C12H22N2O2/c1-8-12(5-6-12)9(7-13-8)14-10(15)16-11(2,3)4/h8-9,13H,5-7H2,1-4H3,(H,14,15). The number of nitrogens with one attached hydrogen (secondary N) is 2. The first-order chi connectivity index (χ1) is 7.33. The Hall–Kier alpha value is -0.770. The monoisotopic (exact) mass is 226 g/mol. The molecule has 1 aliphatic carbocycles. The van der Waals surface area contributed by atoms with Gasteiger partial charge in [0.2, 0.25) is 0 Å². The smallest absolute Gasteiger partial charge is 0.407 e. The van der Waals surface area contributed by atoms with Crippen LogP contribution in [0.3, 0.4) is 0 Å². The van der Waals surface area contributed by atoms with Crippen molar-refractivity contribution in [2.24, 2.45) is 5.41 Å². The summed E-state index contributed by atoms with van der Waals surface area (Å²) in [6.45, 7) is 8.71. The van der Waals surface area contributed by atoms with Crippen LogP contribution in [0.2, 0.25) is 0 Å². The van der Waals surface area contributed by atoms with Gasteiger partial charge in [-0.05, 0) is 40.5 Å². The van der Waals surface area contributed by atoms with Gasteiger partial charge in [-0.25, -0.2) is 4.79 Å². The fraction of sp³-hybridized carbons (Fsp3) is 0.917. The molecule has 2 unspecified atom stereocenters. The second-order valence-corrected chi connectivity index (χ2v) is 6.06. The van der Waals surface area contributed by atoms with Crippen molar-refractivity contribution < 1.29 is 9.53 Å². The molecule has 2 fully saturated rings. The van der Waals surface area contributed by atoms with Gasteiger partial charge < -0.3 is 15.4 Å². The zero-order chi connectivity index (χ0) is 12.0. The molecule has 2 rings (SSSR count). The number of carbonyl (C=O) groups is 1. The van der Waals surface area contributed by atoms with E-state index in [1.165, 1.54) is 12.8 Å². The maximum absolute atomic E-state index is 11.7. The predicted molar refractivity (Wildman–Crippen MR) is 62.3 cm³/mol. The van der Waals surface area contributed by atoms with Gasteiger partial charge in [0.25, 0.3) is 0 Å². The van der Waals surface area contributed by atoms with Crippen LogP contribution in [0, 0.1) is 5.41 Å². The van der Waals surface area contributed by atoms with Crippen LogP contribution in [0.5, 0.6) is 0 Å². The molecular formula is C12H22N2O2. The summed E-state index contributed by atoms with van der Waals surface area (Å²) in [5.41, 5.74) is -0.116. The molecule has 1 spiro atoms. The van der Waals surface area contributed by atoms with Crippen molar-refractivity contribution in [3.8, 4) is 0 Å². The molecule has 0 aromatic rings. The lowest BCUT2D eigenvalue weighted by atomic mass is 9.94. The molecule has 0 radical (unpaired) electrons. The van der Waals surface area contributed by atoms with Gasteiger partial charge in [0.1, 0.15) is 5.60 Å². The molecule has 0 bridgehead atoms. The summed E-state index contributed by atoms with van der Waals surface area (Å²) in [6.07, 6.45) is 2.13. The summed E-state index contributed by atoms with van der Waals surface area (Å²) in [6, 6.07) is 0.741. The van der Waals surface area contributed by atoms with Crippen molar-refractivity contribution in [1.82, 2.24) is 10.6 Å². The summed E-state index contributed by atoms with van der Waals surface area (Å²) in [5, 5.41) is 6.42. The molecule has 0 aromatic heterocycles. The normalized spacial score (nSPS) is 31.5. The first kappa shape index (κ1) is 11.7. The lowest BCUT2D eigenvalue weighted by Gasteiger charge is -2.25. The van der Waals surface area contributed by atoms with Gasteiger partial charge in [-0.3, -0.25) is 0 Å². The molecule has 1 heterocycles. The highest BCUT2D eigenvalue weighted by molar-refractivity contribution is 5.68. The molecule has 2 aliphatic rings. The first-order valence-corrected chi connectivity index (χ1v) is 6.06. The van der Waals surface area contributed by atoms with Gasteiger partial charge in [-0.1, -0.05) is 0 Å². The Bertz CT molecular complexity index is 292. The maximum Gasteiger partial charge on any atom is 0.407 e. The van der Waals surface area contributed by atoms with Gasteiger partial charge in [0.05, 0.1) is 6.04 Å². The lowest BCUT2D eigenvalue weighted by Crippen LogP contribution is -2.44. The number of hydrogen-bond acceptors (Lipinski definition) is 3. The highest BCUT2D eigenvalue weighted by Crippen LogP contribution is 2.54. The van der Waals surface area contributed by atoms with E-state index in [9.17, 15) is 4.79 Å². The average molecular weight is 226 g/mol. The third kappa shape index (κ3) is 2.17. The fourth-order valence-corrected chi connectivity index (χ4v) is 2.57. The van der Waals surface area contributed by atoms with Crippen molar-refractivity contribution in [1.29, 1.82) is 0 Å². The molecule has 4 heteroatoms. The van der Waals surface area contributed by atoms with Crippen molar-refractivity contribution >= 4 is 6.09 Å². The summed E-state index contributed by atoms with van der Waals surface area (Å²) in [7, 11) is 0. The third-order valence-electron chi connectivity index (χ3n) is 3.70. The number of alkyl carbamates (subject to hydrolysis) is 1. The van der Waals surface area contributed by atoms with E-state index >= 15 is 0 Å². The Morgan fingerprint density at radius 2 is 2.06 bits per heavy atom. The van der Waals surface area contributed by atoms with Crippen molar-refractivity contribution in [2.45, 2.75) is 58.2 Å². The van der Waals surface area contributed by atoms with Gasteiger partial charge in [0, 0.05) is 18.0 Å². The highest BCUT2D eigenvalue weighted by atomic mass is 16.6. The zero-order valence-corrected chi connectivity index (χ0v) is 10.6. The Balaban J connectivity index is 1.89. The second-order valence-electron chi connectivity index (χ2n) is 6.06. The van der Waals surface area contributed by atoms with Gasteiger partial charge in [0.15, 0.2) is 0 Å². The van der Waals surface area contributed by atoms with Crippen LogP contribution >= 0.6 is 0 Å². The molecule has 1 saturated heterocycles. The van der Waals surface area contributed by atoms with Crippen molar-refractivity contribution in [2.75, 3.05) is 6.54 Å². The molecular weight excluding hydrogens is 204 g/mol. The average Bonchev–Trinajstić information content (AvgIpc) is 2.83. The summed E-state index contributed by atoms with van der Waals surface area (Å²) in [4.78, 5) is 11.7. The molecule has 1 saturated carbocycles. The molecule has 1 aliphatic heterocycles. The van der Waals surface area contributed by atoms with Gasteiger partial charge in [-0.2, -0.15) is 0 Å². The van der Waals surface area contributed by atoms with Crippen LogP contribution in [0.15, 0.2) is 0 Å². The molecule has 92 valence electrons. The van der Waals surface area contributed by atoms with Crippen LogP contribution in [0.4, 0.5) is 4.79 Å². The Labute approximate surface area is 97.1 Å². The van der Waals surface area contributed by atoms with E-state index in [4.69, 9.17) is 4.74 Å². The Morgan fingerprint density at radius 3 is 2.56 bits per heavy atom. The SMILES string of the molecule is CC1NCC(NC(=O)OC(C)(C)C)C12CC2. The third-order valence-corrected chi connectivity index (χ3v) is 3.70. The van der Waals surface area contributed by atoms with Crippen LogP contribution in [-0.2, 0) is 4.74 Å². The number of rotatable bonds is 1. The maximum atomic E-state index is 11.7. The van der Waals surface area contributed by atoms with Crippen molar-refractivity contribution in [3.05, 3.63) is 0 Å². The van der Waals surface area contributed by atoms with E-state index in [2.05, 4.69) is 17.6 Å². The zero-order valence-electron chi connectivity index (χ0n) is 10.6. The molecule has 0 aromatic carbocycles. The molecule has 2 N–H and O–H groups in total. The van der Waals surface area contributed by atoms with E-state index < -0.39 is 5.60 Å². The minimum Gasteiger partial charge on any atom is -0.444 e. The quantitative estimate of drug-likeness (QED) is 0.715. The number of ether oxygens (including phenoxy) is 1. The number of amides is 1. The van der Waals surface area contributed by atoms with Crippen molar-refractivity contribution in [3.63, 3.8) is 0 Å². The predicted octanol–water partition coefficient (Wildman–Crippen LogP) is 1.65. The summed E-state index contributed by atoms with van der Waals surface area (Å²) >= 11 is 0. The van der Waals surface area contributed by atoms with E-state index in [0.717, 1.165) is 6.54 Å². The van der Waals surface area contributed by atoms with Crippen LogP contribution in [0.25, 0.3) is 0 Å². The Morgan fingerprint density at radius 1 is 1.44 bits per heavy atom. The van der Waals surface area contributed by atoms with Gasteiger partial charge in [-0.15, -0.1) is 0 Å². The highest BCUT2D eigenvalue weighted by Gasteiger charge is 2.57. The number of carbonyl (C=O) groups excluding carboxylic acids is 1. The van der Waals surface area contributed by atoms with Crippen LogP contribution in [0.1, 0.15) is 40.5 Å². The van der Waals surface area contributed by atoms with E-state index in [1.807, 2.05) is 20.8 Å². The van der Waals surface area contributed by atoms with E-state index in [-0.39, 0.29) is 12.1 Å².